The molecule has 4 atom stereocenters. The molecule has 1 saturated heterocycles. The normalized spacial score (nSPS) is 19.5. The minimum atomic E-state index is -0.774. The Hall–Kier alpha value is -3.22. The van der Waals surface area contributed by atoms with Crippen LogP contribution in [0.3, 0.4) is 0 Å². The summed E-state index contributed by atoms with van der Waals surface area (Å²) in [5.74, 6) is 6.01. The van der Waals surface area contributed by atoms with Crippen LogP contribution in [0.25, 0.3) is 11.1 Å². The van der Waals surface area contributed by atoms with Crippen LogP contribution >= 0.6 is 0 Å². The molecule has 33 heavy (non-hydrogen) atoms. The first-order chi connectivity index (χ1) is 16.0. The van der Waals surface area contributed by atoms with E-state index in [1.807, 2.05) is 24.3 Å². The number of aliphatic hydroxyl groups excluding tert-OH is 3. The maximum Gasteiger partial charge on any atom is 0.165 e. The summed E-state index contributed by atoms with van der Waals surface area (Å²) < 4.78 is 26.9. The predicted molar refractivity (Wildman–Crippen MR) is 119 cm³/mol. The van der Waals surface area contributed by atoms with Crippen LogP contribution in [0, 0.1) is 17.7 Å². The van der Waals surface area contributed by atoms with E-state index in [1.165, 1.54) is 6.07 Å². The third-order valence-electron chi connectivity index (χ3n) is 5.39. The van der Waals surface area contributed by atoms with Crippen molar-refractivity contribution < 1.29 is 29.2 Å². The quantitative estimate of drug-likeness (QED) is 0.498. The Labute approximate surface area is 191 Å². The van der Waals surface area contributed by atoms with Gasteiger partial charge in [0, 0.05) is 18.0 Å². The smallest absolute Gasteiger partial charge is 0.165 e. The number of aromatic nitrogens is 2. The summed E-state index contributed by atoms with van der Waals surface area (Å²) in [5.41, 5.74) is 2.21. The van der Waals surface area contributed by atoms with E-state index in [1.54, 1.807) is 36.0 Å². The highest BCUT2D eigenvalue weighted by Gasteiger charge is 2.28. The Balaban J connectivity index is 1.47. The van der Waals surface area contributed by atoms with Gasteiger partial charge in [-0.1, -0.05) is 30.0 Å². The molecule has 2 aromatic carbocycles. The van der Waals surface area contributed by atoms with Crippen molar-refractivity contribution in [3.8, 4) is 28.7 Å². The lowest BCUT2D eigenvalue weighted by Crippen LogP contribution is -2.30. The van der Waals surface area contributed by atoms with Gasteiger partial charge in [-0.05, 0) is 42.3 Å². The van der Waals surface area contributed by atoms with Crippen LogP contribution in [0.15, 0.2) is 54.9 Å². The molecule has 0 aliphatic carbocycles. The highest BCUT2D eigenvalue weighted by molar-refractivity contribution is 5.65. The number of aliphatic hydroxyl groups is 3. The van der Waals surface area contributed by atoms with Crippen molar-refractivity contribution in [1.29, 1.82) is 0 Å². The molecule has 1 aliphatic heterocycles. The first-order valence-electron chi connectivity index (χ1n) is 10.6. The third kappa shape index (κ3) is 5.24. The summed E-state index contributed by atoms with van der Waals surface area (Å²) in [7, 11) is 0. The van der Waals surface area contributed by atoms with Gasteiger partial charge in [-0.2, -0.15) is 0 Å². The average Bonchev–Trinajstić information content (AvgIpc) is 3.46. The Kier molecular flexibility index (Phi) is 7.06. The predicted octanol–water partition coefficient (Wildman–Crippen LogP) is 2.47. The summed E-state index contributed by atoms with van der Waals surface area (Å²) in [4.78, 5) is 4.11. The highest BCUT2D eigenvalue weighted by Crippen LogP contribution is 2.27. The number of hydrogen-bond donors (Lipinski definition) is 3. The summed E-state index contributed by atoms with van der Waals surface area (Å²) in [6.45, 7) is 1.79. The van der Waals surface area contributed by atoms with E-state index in [0.717, 1.165) is 11.1 Å². The summed E-state index contributed by atoms with van der Waals surface area (Å²) in [5, 5.41) is 29.3. The van der Waals surface area contributed by atoms with Crippen molar-refractivity contribution in [2.75, 3.05) is 19.8 Å². The molecule has 0 bridgehead atoms. The second kappa shape index (κ2) is 10.1. The molecule has 172 valence electrons. The van der Waals surface area contributed by atoms with Gasteiger partial charge in [0.2, 0.25) is 0 Å². The zero-order valence-electron chi connectivity index (χ0n) is 18.1. The Morgan fingerprint density at radius 3 is 2.61 bits per heavy atom. The van der Waals surface area contributed by atoms with Crippen molar-refractivity contribution in [1.82, 2.24) is 9.55 Å². The fourth-order valence-electron chi connectivity index (χ4n) is 3.60. The number of benzene rings is 2. The topological polar surface area (TPSA) is 97.0 Å². The highest BCUT2D eigenvalue weighted by atomic mass is 19.1. The van der Waals surface area contributed by atoms with E-state index < -0.39 is 30.2 Å². The van der Waals surface area contributed by atoms with E-state index in [2.05, 4.69) is 16.8 Å². The van der Waals surface area contributed by atoms with Gasteiger partial charge in [-0.15, -0.1) is 0 Å². The van der Waals surface area contributed by atoms with E-state index in [4.69, 9.17) is 9.47 Å². The molecule has 0 unspecified atom stereocenters. The molecular formula is C25H25FN2O5. The van der Waals surface area contributed by atoms with Crippen LogP contribution in [0.4, 0.5) is 4.39 Å². The Morgan fingerprint density at radius 2 is 1.97 bits per heavy atom. The van der Waals surface area contributed by atoms with Gasteiger partial charge in [-0.3, -0.25) is 0 Å². The Morgan fingerprint density at radius 1 is 1.21 bits per heavy atom. The third-order valence-corrected chi connectivity index (χ3v) is 5.39. The molecule has 0 radical (unpaired) electrons. The van der Waals surface area contributed by atoms with Crippen LogP contribution < -0.4 is 4.74 Å². The first-order valence-corrected chi connectivity index (χ1v) is 10.6. The van der Waals surface area contributed by atoms with Gasteiger partial charge in [0.1, 0.15) is 24.1 Å². The fraction of sp³-hybridized carbons (Fsp3) is 0.320. The molecule has 1 aliphatic rings. The zero-order valence-corrected chi connectivity index (χ0v) is 18.1. The van der Waals surface area contributed by atoms with Gasteiger partial charge < -0.3 is 29.4 Å². The Bertz CT molecular complexity index is 1150. The summed E-state index contributed by atoms with van der Waals surface area (Å²) in [6.07, 6.45) is 1.10. The summed E-state index contributed by atoms with van der Waals surface area (Å²) >= 11 is 0. The number of nitrogens with zero attached hydrogens (tertiary/aromatic N) is 2. The molecule has 0 spiro atoms. The maximum atomic E-state index is 14.5. The number of hydrogen-bond acceptors (Lipinski definition) is 6. The number of rotatable bonds is 6. The maximum absolute atomic E-state index is 14.5. The molecule has 1 aromatic heterocycles. The molecule has 8 heteroatoms. The van der Waals surface area contributed by atoms with Gasteiger partial charge >= 0.3 is 0 Å². The molecule has 3 N–H and O–H groups in total. The average molecular weight is 452 g/mol. The van der Waals surface area contributed by atoms with E-state index >= 15 is 0 Å². The molecular weight excluding hydrogens is 427 g/mol. The van der Waals surface area contributed by atoms with Gasteiger partial charge in [-0.25, -0.2) is 9.37 Å². The van der Waals surface area contributed by atoms with E-state index in [9.17, 15) is 19.7 Å². The van der Waals surface area contributed by atoms with Crippen molar-refractivity contribution >= 4 is 0 Å². The minimum absolute atomic E-state index is 0.0712. The molecule has 4 rings (SSSR count). The number of halogens is 1. The SMILES string of the molecule is C[C@H](O)c1nccn1[C@@H](C#Cc1ccc(-c2ccc(O[C@H]3COC[C@@H]3O)c(F)c2)cc1)CO. The molecule has 2 heterocycles. The second-order valence-corrected chi connectivity index (χ2v) is 7.82. The molecule has 1 fully saturated rings. The molecule has 3 aromatic rings. The number of ether oxygens (including phenoxy) is 2. The van der Waals surface area contributed by atoms with Crippen molar-refractivity contribution in [2.45, 2.75) is 31.3 Å². The van der Waals surface area contributed by atoms with Gasteiger partial charge in [0.25, 0.3) is 0 Å². The van der Waals surface area contributed by atoms with Crippen LogP contribution in [0.5, 0.6) is 5.75 Å². The second-order valence-electron chi connectivity index (χ2n) is 7.82. The molecule has 0 amide bonds. The van der Waals surface area contributed by atoms with Gasteiger partial charge in [0.05, 0.1) is 19.8 Å². The molecule has 7 nitrogen and oxygen atoms in total. The van der Waals surface area contributed by atoms with Crippen molar-refractivity contribution in [3.63, 3.8) is 0 Å². The van der Waals surface area contributed by atoms with Crippen LogP contribution in [-0.4, -0.2) is 56.9 Å². The summed E-state index contributed by atoms with van der Waals surface area (Å²) in [6, 6.07) is 11.4. The zero-order chi connectivity index (χ0) is 23.4. The monoisotopic (exact) mass is 452 g/mol. The fourth-order valence-corrected chi connectivity index (χ4v) is 3.60. The lowest BCUT2D eigenvalue weighted by molar-refractivity contribution is 0.0708. The molecule has 0 saturated carbocycles. The van der Waals surface area contributed by atoms with Crippen LogP contribution in [0.2, 0.25) is 0 Å². The first kappa shape index (κ1) is 23.0. The standard InChI is InChI=1S/C25H25FN2O5/c1-16(30)25-27-10-11-28(25)20(13-29)8-4-17-2-5-18(6-3-17)19-7-9-23(21(26)12-19)33-24-15-32-14-22(24)31/h2-3,5-7,9-12,16,20,22,24,29-31H,13-15H2,1H3/t16-,20-,22-,24-/m0/s1. The van der Waals surface area contributed by atoms with Gasteiger partial charge in [0.15, 0.2) is 17.7 Å². The van der Waals surface area contributed by atoms with E-state index in [0.29, 0.717) is 11.4 Å². The number of imidazole rings is 1. The lowest BCUT2D eigenvalue weighted by atomic mass is 10.0. The van der Waals surface area contributed by atoms with E-state index in [-0.39, 0.29) is 25.6 Å². The van der Waals surface area contributed by atoms with Crippen LogP contribution in [0.1, 0.15) is 30.5 Å². The van der Waals surface area contributed by atoms with Crippen LogP contribution in [-0.2, 0) is 4.74 Å². The minimum Gasteiger partial charge on any atom is -0.482 e. The largest absolute Gasteiger partial charge is 0.482 e. The van der Waals surface area contributed by atoms with Crippen molar-refractivity contribution in [2.24, 2.45) is 0 Å². The van der Waals surface area contributed by atoms with Crippen molar-refractivity contribution in [3.05, 3.63) is 72.1 Å². The lowest BCUT2D eigenvalue weighted by Gasteiger charge is -2.16.